The summed E-state index contributed by atoms with van der Waals surface area (Å²) in [4.78, 5) is 26.9. The maximum atomic E-state index is 12.6. The van der Waals surface area contributed by atoms with Crippen molar-refractivity contribution in [1.82, 2.24) is 9.97 Å². The van der Waals surface area contributed by atoms with E-state index in [1.165, 1.54) is 27.8 Å². The normalized spacial score (nSPS) is 17.0. The van der Waals surface area contributed by atoms with E-state index in [0.717, 1.165) is 35.9 Å². The Morgan fingerprint density at radius 1 is 1.39 bits per heavy atom. The molecule has 0 saturated heterocycles. The molecule has 28 heavy (non-hydrogen) atoms. The van der Waals surface area contributed by atoms with Gasteiger partial charge in [0.15, 0.2) is 5.17 Å². The summed E-state index contributed by atoms with van der Waals surface area (Å²) in [5, 5.41) is 1.32. The van der Waals surface area contributed by atoms with Crippen LogP contribution in [0.25, 0.3) is 10.2 Å². The lowest BCUT2D eigenvalue weighted by Gasteiger charge is -2.17. The Kier molecular flexibility index (Phi) is 5.82. The molecule has 7 heteroatoms. The van der Waals surface area contributed by atoms with Crippen LogP contribution in [0.2, 0.25) is 0 Å². The van der Waals surface area contributed by atoms with Gasteiger partial charge in [0.2, 0.25) is 0 Å². The van der Waals surface area contributed by atoms with Crippen LogP contribution in [-0.2, 0) is 25.0 Å². The highest BCUT2D eigenvalue weighted by molar-refractivity contribution is 8.13. The second kappa shape index (κ2) is 8.49. The predicted molar refractivity (Wildman–Crippen MR) is 119 cm³/mol. The standard InChI is InChI=1S/C21H24N4OS2/c1-13-7-8-15-16(11-13)28-20-18(15)19(26)24-17(25-20)12-27-21(22)23-10-9-14-5-3-2-4-6-14/h2-6,13H,7-12H2,1H3,(H2,22,23)(H,24,25,26)/t13-/m1/s1. The molecule has 0 bridgehead atoms. The van der Waals surface area contributed by atoms with Crippen molar-refractivity contribution in [3.63, 3.8) is 0 Å². The highest BCUT2D eigenvalue weighted by Crippen LogP contribution is 2.35. The van der Waals surface area contributed by atoms with Crippen LogP contribution >= 0.6 is 23.1 Å². The molecule has 0 unspecified atom stereocenters. The van der Waals surface area contributed by atoms with Crippen molar-refractivity contribution in [3.8, 4) is 0 Å². The maximum Gasteiger partial charge on any atom is 0.259 e. The Hall–Kier alpha value is -2.12. The minimum Gasteiger partial charge on any atom is -0.379 e. The fourth-order valence-electron chi connectivity index (χ4n) is 3.59. The van der Waals surface area contributed by atoms with Gasteiger partial charge in [-0.15, -0.1) is 11.3 Å². The number of amidine groups is 1. The quantitative estimate of drug-likeness (QED) is 0.492. The summed E-state index contributed by atoms with van der Waals surface area (Å²) in [5.74, 6) is 1.86. The zero-order valence-corrected chi connectivity index (χ0v) is 17.5. The molecule has 0 fully saturated rings. The molecule has 0 saturated carbocycles. The number of nitrogens with two attached hydrogens (primary N) is 1. The zero-order chi connectivity index (χ0) is 19.5. The molecule has 146 valence electrons. The van der Waals surface area contributed by atoms with Gasteiger partial charge in [-0.25, -0.2) is 4.98 Å². The number of aromatic amines is 1. The molecule has 5 nitrogen and oxygen atoms in total. The van der Waals surface area contributed by atoms with Crippen molar-refractivity contribution >= 4 is 38.5 Å². The number of rotatable bonds is 5. The van der Waals surface area contributed by atoms with Crippen molar-refractivity contribution < 1.29 is 0 Å². The topological polar surface area (TPSA) is 84.1 Å². The number of aryl methyl sites for hydroxylation is 1. The average Bonchev–Trinajstić information content (AvgIpc) is 3.05. The number of hydrogen-bond donors (Lipinski definition) is 2. The summed E-state index contributed by atoms with van der Waals surface area (Å²) >= 11 is 3.09. The highest BCUT2D eigenvalue weighted by Gasteiger charge is 2.23. The van der Waals surface area contributed by atoms with Crippen molar-refractivity contribution in [2.45, 2.75) is 38.4 Å². The molecule has 3 aromatic rings. The molecule has 1 aliphatic rings. The molecule has 2 heterocycles. The lowest BCUT2D eigenvalue weighted by Crippen LogP contribution is -2.15. The number of fused-ring (bicyclic) bond motifs is 3. The van der Waals surface area contributed by atoms with Gasteiger partial charge < -0.3 is 10.7 Å². The number of nitrogens with zero attached hydrogens (tertiary/aromatic N) is 2. The molecular weight excluding hydrogens is 388 g/mol. The lowest BCUT2D eigenvalue weighted by atomic mass is 9.89. The van der Waals surface area contributed by atoms with Crippen LogP contribution in [0, 0.1) is 5.92 Å². The van der Waals surface area contributed by atoms with E-state index in [1.807, 2.05) is 18.2 Å². The monoisotopic (exact) mass is 412 g/mol. The maximum absolute atomic E-state index is 12.6. The summed E-state index contributed by atoms with van der Waals surface area (Å²) in [5.41, 5.74) is 8.47. The Labute approximate surface area is 172 Å². The highest BCUT2D eigenvalue weighted by atomic mass is 32.2. The minimum absolute atomic E-state index is 0.0211. The fourth-order valence-corrected chi connectivity index (χ4v) is 5.60. The van der Waals surface area contributed by atoms with E-state index in [1.54, 1.807) is 11.3 Å². The molecule has 3 N–H and O–H groups in total. The van der Waals surface area contributed by atoms with E-state index in [-0.39, 0.29) is 5.56 Å². The number of aliphatic imine (C=N–C) groups is 1. The summed E-state index contributed by atoms with van der Waals surface area (Å²) < 4.78 is 0. The molecule has 1 atom stereocenters. The first kappa shape index (κ1) is 19.2. The van der Waals surface area contributed by atoms with Crippen molar-refractivity contribution in [2.75, 3.05) is 6.54 Å². The lowest BCUT2D eigenvalue weighted by molar-refractivity contribution is 0.509. The third-order valence-corrected chi connectivity index (χ3v) is 7.07. The van der Waals surface area contributed by atoms with E-state index in [0.29, 0.717) is 29.2 Å². The van der Waals surface area contributed by atoms with Crippen LogP contribution in [0.5, 0.6) is 0 Å². The van der Waals surface area contributed by atoms with Gasteiger partial charge in [0.05, 0.1) is 11.1 Å². The Bertz CT molecular complexity index is 1060. The van der Waals surface area contributed by atoms with Crippen LogP contribution in [-0.4, -0.2) is 21.7 Å². The zero-order valence-electron chi connectivity index (χ0n) is 15.9. The van der Waals surface area contributed by atoms with Gasteiger partial charge in [-0.3, -0.25) is 9.79 Å². The first-order valence-electron chi connectivity index (χ1n) is 9.60. The predicted octanol–water partition coefficient (Wildman–Crippen LogP) is 3.90. The van der Waals surface area contributed by atoms with Gasteiger partial charge in [0, 0.05) is 11.4 Å². The second-order valence-electron chi connectivity index (χ2n) is 7.29. The molecule has 1 aliphatic carbocycles. The number of hydrogen-bond acceptors (Lipinski definition) is 5. The van der Waals surface area contributed by atoms with Crippen LogP contribution in [0.4, 0.5) is 0 Å². The molecule has 0 amide bonds. The van der Waals surface area contributed by atoms with E-state index in [4.69, 9.17) is 10.7 Å². The molecule has 0 radical (unpaired) electrons. The van der Waals surface area contributed by atoms with Crippen LogP contribution in [0.1, 0.15) is 35.2 Å². The number of benzene rings is 1. The number of thioether (sulfide) groups is 1. The summed E-state index contributed by atoms with van der Waals surface area (Å²) in [6.07, 6.45) is 4.05. The molecule has 4 rings (SSSR count). The summed E-state index contributed by atoms with van der Waals surface area (Å²) in [7, 11) is 0. The van der Waals surface area contributed by atoms with Gasteiger partial charge in [-0.2, -0.15) is 0 Å². The van der Waals surface area contributed by atoms with E-state index in [9.17, 15) is 4.79 Å². The molecule has 1 aromatic carbocycles. The second-order valence-corrected chi connectivity index (χ2v) is 9.37. The summed E-state index contributed by atoms with van der Waals surface area (Å²) in [6.45, 7) is 2.93. The van der Waals surface area contributed by atoms with Crippen LogP contribution < -0.4 is 11.3 Å². The summed E-state index contributed by atoms with van der Waals surface area (Å²) in [6, 6.07) is 10.2. The molecule has 0 aliphatic heterocycles. The largest absolute Gasteiger partial charge is 0.379 e. The average molecular weight is 413 g/mol. The minimum atomic E-state index is -0.0211. The Morgan fingerprint density at radius 2 is 2.21 bits per heavy atom. The third-order valence-electron chi connectivity index (χ3n) is 5.08. The van der Waals surface area contributed by atoms with Crippen LogP contribution in [0.15, 0.2) is 40.1 Å². The Balaban J connectivity index is 1.42. The fraction of sp³-hybridized carbons (Fsp3) is 0.381. The van der Waals surface area contributed by atoms with Gasteiger partial charge in [0.25, 0.3) is 5.56 Å². The Morgan fingerprint density at radius 3 is 3.04 bits per heavy atom. The van der Waals surface area contributed by atoms with Crippen LogP contribution in [0.3, 0.4) is 0 Å². The SMILES string of the molecule is C[C@@H]1CCc2c(sc3nc(CSC(N)=NCCc4ccccc4)[nH]c(=O)c23)C1. The molecule has 2 aromatic heterocycles. The van der Waals surface area contributed by atoms with E-state index < -0.39 is 0 Å². The van der Waals surface area contributed by atoms with Gasteiger partial charge >= 0.3 is 0 Å². The van der Waals surface area contributed by atoms with Crippen molar-refractivity contribution in [1.29, 1.82) is 0 Å². The van der Waals surface area contributed by atoms with Crippen molar-refractivity contribution in [2.24, 2.45) is 16.6 Å². The molecule has 0 spiro atoms. The van der Waals surface area contributed by atoms with E-state index >= 15 is 0 Å². The number of H-pyrrole nitrogens is 1. The van der Waals surface area contributed by atoms with Crippen molar-refractivity contribution in [3.05, 3.63) is 62.5 Å². The number of aromatic nitrogens is 2. The first-order chi connectivity index (χ1) is 13.6. The number of thiophene rings is 1. The smallest absolute Gasteiger partial charge is 0.259 e. The van der Waals surface area contributed by atoms with Gasteiger partial charge in [0.1, 0.15) is 10.7 Å². The van der Waals surface area contributed by atoms with Gasteiger partial charge in [-0.05, 0) is 42.7 Å². The van der Waals surface area contributed by atoms with E-state index in [2.05, 4.69) is 29.0 Å². The third kappa shape index (κ3) is 4.31. The first-order valence-corrected chi connectivity index (χ1v) is 11.4. The number of nitrogens with one attached hydrogen (secondary N) is 1. The molecular formula is C21H24N4OS2. The van der Waals surface area contributed by atoms with Gasteiger partial charge in [-0.1, -0.05) is 49.0 Å².